The van der Waals surface area contributed by atoms with Crippen molar-refractivity contribution < 1.29 is 9.32 Å². The predicted molar refractivity (Wildman–Crippen MR) is 125 cm³/mol. The molecule has 3 aromatic rings. The van der Waals surface area contributed by atoms with Crippen LogP contribution >= 0.6 is 0 Å². The lowest BCUT2D eigenvalue weighted by Gasteiger charge is -2.31. The Morgan fingerprint density at radius 1 is 1.12 bits per heavy atom. The van der Waals surface area contributed by atoms with Crippen molar-refractivity contribution in [3.8, 4) is 11.4 Å². The van der Waals surface area contributed by atoms with E-state index in [9.17, 15) is 4.79 Å². The number of nitrogens with zero attached hydrogens (tertiary/aromatic N) is 3. The average Bonchev–Trinajstić information content (AvgIpc) is 3.27. The first kappa shape index (κ1) is 22.2. The van der Waals surface area contributed by atoms with Crippen molar-refractivity contribution in [2.75, 3.05) is 13.1 Å². The molecule has 0 saturated carbocycles. The van der Waals surface area contributed by atoms with E-state index in [0.29, 0.717) is 18.3 Å². The lowest BCUT2D eigenvalue weighted by Crippen LogP contribution is -2.41. The third kappa shape index (κ3) is 5.25. The van der Waals surface area contributed by atoms with E-state index in [1.54, 1.807) is 0 Å². The number of likely N-dealkylation sites (tertiary alicyclic amines) is 1. The molecule has 1 amide bonds. The molecule has 1 aliphatic rings. The first-order valence-corrected chi connectivity index (χ1v) is 11.5. The molecular formula is C26H32N4O2. The van der Waals surface area contributed by atoms with Gasteiger partial charge in [-0.05, 0) is 57.3 Å². The Balaban J connectivity index is 1.29. The Bertz CT molecular complexity index is 1040. The number of benzene rings is 2. The Morgan fingerprint density at radius 2 is 1.84 bits per heavy atom. The van der Waals surface area contributed by atoms with Gasteiger partial charge in [0.25, 0.3) is 0 Å². The van der Waals surface area contributed by atoms with E-state index in [-0.39, 0.29) is 17.9 Å². The molecule has 1 N–H and O–H groups in total. The maximum Gasteiger partial charge on any atom is 0.241 e. The molecule has 1 saturated heterocycles. The summed E-state index contributed by atoms with van der Waals surface area (Å²) in [6.45, 7) is 8.59. The predicted octanol–water partition coefficient (Wildman–Crippen LogP) is 4.83. The second-order valence-electron chi connectivity index (χ2n) is 8.75. The normalized spacial score (nSPS) is 16.1. The molecule has 4 rings (SSSR count). The molecule has 1 unspecified atom stereocenters. The van der Waals surface area contributed by atoms with Crippen molar-refractivity contribution in [2.24, 2.45) is 5.92 Å². The highest BCUT2D eigenvalue weighted by Gasteiger charge is 2.27. The van der Waals surface area contributed by atoms with Gasteiger partial charge < -0.3 is 9.84 Å². The summed E-state index contributed by atoms with van der Waals surface area (Å²) in [6, 6.07) is 16.5. The third-order valence-electron chi connectivity index (χ3n) is 6.38. The first-order chi connectivity index (χ1) is 15.5. The van der Waals surface area contributed by atoms with Gasteiger partial charge in [-0.2, -0.15) is 4.98 Å². The lowest BCUT2D eigenvalue weighted by molar-refractivity contribution is -0.127. The Hall–Kier alpha value is -2.99. The number of piperidine rings is 1. The molecule has 6 nitrogen and oxygen atoms in total. The minimum atomic E-state index is 0.0510. The fraction of sp³-hybridized carbons (Fsp3) is 0.423. The zero-order valence-electron chi connectivity index (χ0n) is 19.2. The number of amides is 1. The molecule has 1 aromatic heterocycles. The Labute approximate surface area is 190 Å². The van der Waals surface area contributed by atoms with Crippen LogP contribution in [0.25, 0.3) is 11.4 Å². The van der Waals surface area contributed by atoms with Crippen molar-refractivity contribution in [3.05, 3.63) is 71.1 Å². The van der Waals surface area contributed by atoms with Gasteiger partial charge in [0.2, 0.25) is 17.6 Å². The molecule has 0 aliphatic carbocycles. The van der Waals surface area contributed by atoms with Crippen LogP contribution in [0.3, 0.4) is 0 Å². The summed E-state index contributed by atoms with van der Waals surface area (Å²) >= 11 is 0. The SMILES string of the molecule is CCC(NC(=O)C1CCN(Cc2nc(-c3ccc(C)cc3)no2)CC1)c1ccccc1C. The number of hydrogen-bond acceptors (Lipinski definition) is 5. The van der Waals surface area contributed by atoms with Crippen LogP contribution < -0.4 is 5.32 Å². The zero-order chi connectivity index (χ0) is 22.5. The monoisotopic (exact) mass is 432 g/mol. The molecule has 168 valence electrons. The van der Waals surface area contributed by atoms with E-state index < -0.39 is 0 Å². The molecule has 32 heavy (non-hydrogen) atoms. The molecule has 0 spiro atoms. The first-order valence-electron chi connectivity index (χ1n) is 11.5. The summed E-state index contributed by atoms with van der Waals surface area (Å²) in [5.74, 6) is 1.46. The zero-order valence-corrected chi connectivity index (χ0v) is 19.2. The van der Waals surface area contributed by atoms with E-state index in [0.717, 1.165) is 37.9 Å². The Morgan fingerprint density at radius 3 is 2.53 bits per heavy atom. The van der Waals surface area contributed by atoms with Gasteiger partial charge in [-0.3, -0.25) is 9.69 Å². The van der Waals surface area contributed by atoms with Crippen molar-refractivity contribution in [1.29, 1.82) is 0 Å². The smallest absolute Gasteiger partial charge is 0.241 e. The number of aromatic nitrogens is 2. The van der Waals surface area contributed by atoms with E-state index in [1.807, 2.05) is 36.4 Å². The quantitative estimate of drug-likeness (QED) is 0.579. The van der Waals surface area contributed by atoms with Crippen LogP contribution in [0, 0.1) is 19.8 Å². The van der Waals surface area contributed by atoms with Gasteiger partial charge >= 0.3 is 0 Å². The molecule has 6 heteroatoms. The third-order valence-corrected chi connectivity index (χ3v) is 6.38. The van der Waals surface area contributed by atoms with Crippen LogP contribution in [0.5, 0.6) is 0 Å². The standard InChI is InChI=1S/C26H32N4O2/c1-4-23(22-8-6-5-7-19(22)3)27-26(31)21-13-15-30(16-14-21)17-24-28-25(29-32-24)20-11-9-18(2)10-12-20/h5-12,21,23H,4,13-17H2,1-3H3,(H,27,31). The highest BCUT2D eigenvalue weighted by molar-refractivity contribution is 5.79. The second kappa shape index (κ2) is 10.1. The van der Waals surface area contributed by atoms with E-state index in [1.165, 1.54) is 16.7 Å². The van der Waals surface area contributed by atoms with Crippen LogP contribution in [0.4, 0.5) is 0 Å². The number of hydrogen-bond donors (Lipinski definition) is 1. The number of aryl methyl sites for hydroxylation is 2. The summed E-state index contributed by atoms with van der Waals surface area (Å²) in [5, 5.41) is 7.41. The molecule has 0 bridgehead atoms. The highest BCUT2D eigenvalue weighted by Crippen LogP contribution is 2.24. The average molecular weight is 433 g/mol. The fourth-order valence-corrected chi connectivity index (χ4v) is 4.35. The van der Waals surface area contributed by atoms with Gasteiger partial charge in [0.15, 0.2) is 0 Å². The summed E-state index contributed by atoms with van der Waals surface area (Å²) in [5.41, 5.74) is 4.59. The maximum absolute atomic E-state index is 12.9. The van der Waals surface area contributed by atoms with Crippen LogP contribution in [0.2, 0.25) is 0 Å². The van der Waals surface area contributed by atoms with Crippen molar-refractivity contribution in [1.82, 2.24) is 20.4 Å². The van der Waals surface area contributed by atoms with Crippen LogP contribution in [-0.2, 0) is 11.3 Å². The number of carbonyl (C=O) groups is 1. The van der Waals surface area contributed by atoms with Gasteiger partial charge in [-0.25, -0.2) is 0 Å². The van der Waals surface area contributed by atoms with Gasteiger partial charge in [-0.1, -0.05) is 66.2 Å². The number of nitrogens with one attached hydrogen (secondary N) is 1. The molecular weight excluding hydrogens is 400 g/mol. The van der Waals surface area contributed by atoms with Crippen molar-refractivity contribution >= 4 is 5.91 Å². The molecule has 1 atom stereocenters. The van der Waals surface area contributed by atoms with E-state index in [4.69, 9.17) is 4.52 Å². The topological polar surface area (TPSA) is 71.3 Å². The summed E-state index contributed by atoms with van der Waals surface area (Å²) in [7, 11) is 0. The minimum Gasteiger partial charge on any atom is -0.349 e. The molecule has 1 aliphatic heterocycles. The van der Waals surface area contributed by atoms with Crippen LogP contribution in [0.15, 0.2) is 53.1 Å². The minimum absolute atomic E-state index is 0.0510. The second-order valence-corrected chi connectivity index (χ2v) is 8.75. The maximum atomic E-state index is 12.9. The van der Waals surface area contributed by atoms with Crippen molar-refractivity contribution in [3.63, 3.8) is 0 Å². The van der Waals surface area contributed by atoms with Gasteiger partial charge in [0.05, 0.1) is 12.6 Å². The lowest BCUT2D eigenvalue weighted by atomic mass is 9.94. The summed E-state index contributed by atoms with van der Waals surface area (Å²) in [6.07, 6.45) is 2.57. The fourth-order valence-electron chi connectivity index (χ4n) is 4.35. The van der Waals surface area contributed by atoms with Gasteiger partial charge in [0.1, 0.15) is 0 Å². The largest absolute Gasteiger partial charge is 0.349 e. The van der Waals surface area contributed by atoms with E-state index in [2.05, 4.69) is 53.3 Å². The number of carbonyl (C=O) groups excluding carboxylic acids is 1. The number of rotatable bonds is 7. The molecule has 2 aromatic carbocycles. The van der Waals surface area contributed by atoms with Crippen LogP contribution in [-0.4, -0.2) is 34.0 Å². The summed E-state index contributed by atoms with van der Waals surface area (Å²) < 4.78 is 5.47. The van der Waals surface area contributed by atoms with Crippen LogP contribution in [0.1, 0.15) is 54.8 Å². The summed E-state index contributed by atoms with van der Waals surface area (Å²) in [4.78, 5) is 19.8. The van der Waals surface area contributed by atoms with Crippen molar-refractivity contribution in [2.45, 2.75) is 52.6 Å². The van der Waals surface area contributed by atoms with Gasteiger partial charge in [-0.15, -0.1) is 0 Å². The molecule has 0 radical (unpaired) electrons. The molecule has 1 fully saturated rings. The highest BCUT2D eigenvalue weighted by atomic mass is 16.5. The van der Waals surface area contributed by atoms with Gasteiger partial charge in [0, 0.05) is 11.5 Å². The Kier molecular flexibility index (Phi) is 7.00. The van der Waals surface area contributed by atoms with E-state index >= 15 is 0 Å². The molecule has 2 heterocycles.